The van der Waals surface area contributed by atoms with Crippen molar-refractivity contribution in [2.45, 2.75) is 0 Å². The third-order valence-electron chi connectivity index (χ3n) is 6.85. The maximum Gasteiger partial charge on any atom is 0.343 e. The number of amides is 1. The highest BCUT2D eigenvalue weighted by molar-refractivity contribution is 6.34. The van der Waals surface area contributed by atoms with Gasteiger partial charge >= 0.3 is 5.97 Å². The molecule has 0 aliphatic heterocycles. The molecular formula is C34H24ClN3O4. The average Bonchev–Trinajstić information content (AvgIpc) is 3.42. The minimum atomic E-state index is -0.497. The first-order valence-electron chi connectivity index (χ1n) is 13.1. The molecule has 1 aromatic heterocycles. The number of hydrazone groups is 1. The molecule has 8 heteroatoms. The first-order valence-corrected chi connectivity index (χ1v) is 13.5. The molecule has 0 spiro atoms. The van der Waals surface area contributed by atoms with Crippen molar-refractivity contribution in [3.05, 3.63) is 131 Å². The Hall–Kier alpha value is -5.40. The fraction of sp³-hybridized carbons (Fsp3) is 0.0294. The third-order valence-corrected chi connectivity index (χ3v) is 7.18. The molecule has 0 fully saturated rings. The lowest BCUT2D eigenvalue weighted by Gasteiger charge is -2.10. The number of carbonyl (C=O) groups is 2. The minimum absolute atomic E-state index is 0.266. The van der Waals surface area contributed by atoms with Crippen LogP contribution in [-0.4, -0.2) is 30.2 Å². The molecule has 0 unspecified atom stereocenters. The Morgan fingerprint density at radius 3 is 2.40 bits per heavy atom. The van der Waals surface area contributed by atoms with E-state index in [1.807, 2.05) is 60.7 Å². The first kappa shape index (κ1) is 26.8. The van der Waals surface area contributed by atoms with Crippen molar-refractivity contribution in [2.75, 3.05) is 7.11 Å². The second-order valence-corrected chi connectivity index (χ2v) is 9.84. The largest absolute Gasteiger partial charge is 0.493 e. The average molecular weight is 574 g/mol. The fourth-order valence-electron chi connectivity index (χ4n) is 4.85. The van der Waals surface area contributed by atoms with Crippen LogP contribution in [0.5, 0.6) is 11.5 Å². The van der Waals surface area contributed by atoms with Crippen molar-refractivity contribution in [3.8, 4) is 22.6 Å². The summed E-state index contributed by atoms with van der Waals surface area (Å²) in [6.45, 7) is 0. The van der Waals surface area contributed by atoms with E-state index < -0.39 is 11.9 Å². The summed E-state index contributed by atoms with van der Waals surface area (Å²) in [7, 11) is 1.48. The molecule has 42 heavy (non-hydrogen) atoms. The predicted octanol–water partition coefficient (Wildman–Crippen LogP) is 7.63. The van der Waals surface area contributed by atoms with Crippen LogP contribution in [0.15, 0.2) is 114 Å². The number of nitrogens with one attached hydrogen (secondary N) is 2. The van der Waals surface area contributed by atoms with E-state index in [1.54, 1.807) is 48.5 Å². The summed E-state index contributed by atoms with van der Waals surface area (Å²) in [6.07, 6.45) is 1.48. The molecule has 206 valence electrons. The van der Waals surface area contributed by atoms with E-state index in [9.17, 15) is 9.59 Å². The number of fused-ring (bicyclic) bond motifs is 3. The lowest BCUT2D eigenvalue weighted by atomic mass is 9.99. The molecule has 0 saturated heterocycles. The van der Waals surface area contributed by atoms with Crippen molar-refractivity contribution in [1.29, 1.82) is 0 Å². The number of hydrogen-bond donors (Lipinski definition) is 2. The molecule has 0 aliphatic carbocycles. The zero-order valence-corrected chi connectivity index (χ0v) is 23.2. The Morgan fingerprint density at radius 2 is 1.60 bits per heavy atom. The monoisotopic (exact) mass is 573 g/mol. The zero-order valence-electron chi connectivity index (χ0n) is 22.4. The van der Waals surface area contributed by atoms with Crippen LogP contribution >= 0.6 is 11.6 Å². The van der Waals surface area contributed by atoms with Crippen molar-refractivity contribution in [1.82, 2.24) is 10.4 Å². The quantitative estimate of drug-likeness (QED) is 0.0888. The van der Waals surface area contributed by atoms with Gasteiger partial charge in [-0.1, -0.05) is 84.4 Å². The van der Waals surface area contributed by atoms with Crippen LogP contribution in [0.25, 0.3) is 32.8 Å². The number of aromatic amines is 1. The van der Waals surface area contributed by atoms with Crippen molar-refractivity contribution in [3.63, 3.8) is 0 Å². The normalized spacial score (nSPS) is 11.2. The van der Waals surface area contributed by atoms with Gasteiger partial charge in [-0.3, -0.25) is 4.79 Å². The molecule has 0 aliphatic rings. The Balaban J connectivity index is 1.28. The summed E-state index contributed by atoms with van der Waals surface area (Å²) < 4.78 is 10.9. The van der Waals surface area contributed by atoms with Gasteiger partial charge in [0.2, 0.25) is 0 Å². The number of halogens is 1. The summed E-state index contributed by atoms with van der Waals surface area (Å²) in [5.41, 5.74) is 6.28. The molecule has 7 nitrogen and oxygen atoms in total. The van der Waals surface area contributed by atoms with E-state index in [4.69, 9.17) is 21.1 Å². The molecule has 0 radical (unpaired) electrons. The number of methoxy groups -OCH3 is 1. The lowest BCUT2D eigenvalue weighted by Crippen LogP contribution is -2.19. The topological polar surface area (TPSA) is 92.8 Å². The number of nitrogens with zero attached hydrogens (tertiary/aromatic N) is 1. The van der Waals surface area contributed by atoms with E-state index in [0.29, 0.717) is 33.2 Å². The van der Waals surface area contributed by atoms with Crippen LogP contribution in [0.2, 0.25) is 5.02 Å². The molecule has 1 amide bonds. The van der Waals surface area contributed by atoms with Gasteiger partial charge < -0.3 is 14.5 Å². The van der Waals surface area contributed by atoms with Gasteiger partial charge in [0.05, 0.1) is 24.4 Å². The van der Waals surface area contributed by atoms with Gasteiger partial charge in [0.15, 0.2) is 11.5 Å². The Labute approximate surface area is 246 Å². The van der Waals surface area contributed by atoms with Crippen LogP contribution in [0.1, 0.15) is 26.4 Å². The number of esters is 1. The summed E-state index contributed by atoms with van der Waals surface area (Å²) in [4.78, 5) is 29.3. The van der Waals surface area contributed by atoms with Gasteiger partial charge in [-0.25, -0.2) is 10.2 Å². The van der Waals surface area contributed by atoms with E-state index in [-0.39, 0.29) is 5.75 Å². The van der Waals surface area contributed by atoms with Gasteiger partial charge in [-0.15, -0.1) is 0 Å². The Bertz CT molecular complexity index is 1980. The number of ether oxygens (including phenoxy) is 2. The second kappa shape index (κ2) is 11.6. The highest BCUT2D eigenvalue weighted by Gasteiger charge is 2.22. The van der Waals surface area contributed by atoms with Gasteiger partial charge in [-0.2, -0.15) is 5.10 Å². The minimum Gasteiger partial charge on any atom is -0.493 e. The van der Waals surface area contributed by atoms with Gasteiger partial charge in [0.1, 0.15) is 5.69 Å². The highest BCUT2D eigenvalue weighted by Crippen LogP contribution is 2.39. The number of benzene rings is 5. The zero-order chi connectivity index (χ0) is 29.1. The van der Waals surface area contributed by atoms with E-state index in [1.165, 1.54) is 13.3 Å². The van der Waals surface area contributed by atoms with Crippen molar-refractivity contribution >= 4 is 51.4 Å². The van der Waals surface area contributed by atoms with Crippen LogP contribution < -0.4 is 14.9 Å². The maximum absolute atomic E-state index is 13.5. The predicted molar refractivity (Wildman–Crippen MR) is 166 cm³/mol. The SMILES string of the molecule is COc1cc(C=NNC(=O)c2[nH]c3c(ccc4ccccc43)c2-c2ccccc2Cl)ccc1OC(=O)c1ccccc1. The number of hydrogen-bond acceptors (Lipinski definition) is 5. The number of H-pyrrole nitrogens is 1. The lowest BCUT2D eigenvalue weighted by molar-refractivity contribution is 0.0729. The smallest absolute Gasteiger partial charge is 0.343 e. The van der Waals surface area contributed by atoms with Gasteiger partial charge in [0.25, 0.3) is 5.91 Å². The number of rotatable bonds is 7. The third kappa shape index (κ3) is 5.21. The van der Waals surface area contributed by atoms with Crippen LogP contribution in [-0.2, 0) is 0 Å². The first-order chi connectivity index (χ1) is 20.5. The van der Waals surface area contributed by atoms with Gasteiger partial charge in [0, 0.05) is 26.9 Å². The van der Waals surface area contributed by atoms with E-state index >= 15 is 0 Å². The molecule has 6 rings (SSSR count). The van der Waals surface area contributed by atoms with Crippen LogP contribution in [0, 0.1) is 0 Å². The molecule has 5 aromatic carbocycles. The molecule has 0 bridgehead atoms. The second-order valence-electron chi connectivity index (χ2n) is 9.43. The van der Waals surface area contributed by atoms with Crippen molar-refractivity contribution in [2.24, 2.45) is 5.10 Å². The van der Waals surface area contributed by atoms with Crippen molar-refractivity contribution < 1.29 is 19.1 Å². The summed E-state index contributed by atoms with van der Waals surface area (Å²) in [5, 5.41) is 7.63. The molecule has 6 aromatic rings. The fourth-order valence-corrected chi connectivity index (χ4v) is 5.08. The number of carbonyl (C=O) groups excluding carboxylic acids is 2. The summed E-state index contributed by atoms with van der Waals surface area (Å²) in [5.74, 6) is -0.315. The van der Waals surface area contributed by atoms with E-state index in [2.05, 4.69) is 15.5 Å². The van der Waals surface area contributed by atoms with Gasteiger partial charge in [-0.05, 0) is 47.3 Å². The van der Waals surface area contributed by atoms with E-state index in [0.717, 1.165) is 27.2 Å². The molecule has 1 heterocycles. The Morgan fingerprint density at radius 1 is 0.833 bits per heavy atom. The summed E-state index contributed by atoms with van der Waals surface area (Å²) in [6, 6.07) is 33.1. The molecule has 2 N–H and O–H groups in total. The molecular weight excluding hydrogens is 550 g/mol. The maximum atomic E-state index is 13.5. The Kier molecular flexibility index (Phi) is 7.41. The standard InChI is InChI=1S/C34H24ClN3O4/c1-41-29-19-21(15-18-28(29)42-34(40)23-10-3-2-4-11-23)20-36-38-33(39)32-30(25-13-7-8-14-27(25)35)26-17-16-22-9-5-6-12-24(22)31(26)37-32/h2-20,37H,1H3,(H,38,39). The van der Waals surface area contributed by atoms with Crippen LogP contribution in [0.4, 0.5) is 0 Å². The summed E-state index contributed by atoms with van der Waals surface area (Å²) >= 11 is 6.58. The molecule has 0 saturated carbocycles. The highest BCUT2D eigenvalue weighted by atomic mass is 35.5. The van der Waals surface area contributed by atoms with Crippen LogP contribution in [0.3, 0.4) is 0 Å². The molecule has 0 atom stereocenters. The number of aromatic nitrogens is 1.